The van der Waals surface area contributed by atoms with E-state index in [2.05, 4.69) is 16.0 Å². The summed E-state index contributed by atoms with van der Waals surface area (Å²) in [6, 6.07) is 7.88. The Hall–Kier alpha value is -2.08. The molecular weight excluding hydrogens is 284 g/mol. The van der Waals surface area contributed by atoms with Crippen LogP contribution in [-0.2, 0) is 0 Å². The minimum Gasteiger partial charge on any atom is -0.399 e. The highest BCUT2D eigenvalue weighted by Gasteiger charge is 2.23. The van der Waals surface area contributed by atoms with Crippen molar-refractivity contribution in [3.8, 4) is 0 Å². The van der Waals surface area contributed by atoms with Gasteiger partial charge >= 0.3 is 0 Å². The lowest BCUT2D eigenvalue weighted by Gasteiger charge is -2.36. The van der Waals surface area contributed by atoms with Crippen LogP contribution >= 0.6 is 11.3 Å². The predicted octanol–water partition coefficient (Wildman–Crippen LogP) is 2.00. The van der Waals surface area contributed by atoms with E-state index in [9.17, 15) is 4.79 Å². The van der Waals surface area contributed by atoms with E-state index in [1.807, 2.05) is 30.0 Å². The number of carbonyl (C=O) groups is 1. The van der Waals surface area contributed by atoms with Crippen LogP contribution in [0.25, 0.3) is 0 Å². The summed E-state index contributed by atoms with van der Waals surface area (Å²) in [5.74, 6) is 0.0906. The van der Waals surface area contributed by atoms with Crippen molar-refractivity contribution in [3.05, 3.63) is 40.3 Å². The van der Waals surface area contributed by atoms with Crippen LogP contribution in [0.5, 0.6) is 0 Å². The van der Waals surface area contributed by atoms with Crippen LogP contribution in [0.4, 0.5) is 11.4 Å². The lowest BCUT2D eigenvalue weighted by molar-refractivity contribution is 0.0751. The zero-order valence-corrected chi connectivity index (χ0v) is 12.8. The number of aromatic nitrogens is 1. The van der Waals surface area contributed by atoms with E-state index >= 15 is 0 Å². The van der Waals surface area contributed by atoms with Gasteiger partial charge in [-0.2, -0.15) is 0 Å². The SMILES string of the molecule is Cc1ncc(C(=O)N2CCN(c3cccc(N)c3)CC2)s1. The number of aryl methyl sites for hydroxylation is 1. The zero-order chi connectivity index (χ0) is 14.8. The molecule has 1 aliphatic rings. The maximum Gasteiger partial charge on any atom is 0.265 e. The summed E-state index contributed by atoms with van der Waals surface area (Å²) in [7, 11) is 0. The molecule has 0 unspecified atom stereocenters. The third kappa shape index (κ3) is 3.00. The fourth-order valence-corrected chi connectivity index (χ4v) is 3.25. The number of hydrogen-bond donors (Lipinski definition) is 1. The number of carbonyl (C=O) groups excluding carboxylic acids is 1. The first-order chi connectivity index (χ1) is 10.1. The van der Waals surface area contributed by atoms with Gasteiger partial charge < -0.3 is 15.5 Å². The highest BCUT2D eigenvalue weighted by Crippen LogP contribution is 2.21. The lowest BCUT2D eigenvalue weighted by atomic mass is 10.2. The molecule has 0 spiro atoms. The first kappa shape index (κ1) is 13.9. The molecule has 1 aromatic heterocycles. The van der Waals surface area contributed by atoms with Crippen LogP contribution in [0.15, 0.2) is 30.5 Å². The second-order valence-electron chi connectivity index (χ2n) is 5.12. The Balaban J connectivity index is 1.64. The molecule has 1 amide bonds. The Labute approximate surface area is 128 Å². The van der Waals surface area contributed by atoms with Crippen molar-refractivity contribution in [2.24, 2.45) is 0 Å². The monoisotopic (exact) mass is 302 g/mol. The second kappa shape index (κ2) is 5.73. The summed E-state index contributed by atoms with van der Waals surface area (Å²) in [5, 5.41) is 0.928. The fraction of sp³-hybridized carbons (Fsp3) is 0.333. The average molecular weight is 302 g/mol. The van der Waals surface area contributed by atoms with Gasteiger partial charge in [-0.05, 0) is 25.1 Å². The smallest absolute Gasteiger partial charge is 0.265 e. The van der Waals surface area contributed by atoms with Crippen molar-refractivity contribution in [1.82, 2.24) is 9.88 Å². The number of rotatable bonds is 2. The van der Waals surface area contributed by atoms with Crippen LogP contribution < -0.4 is 10.6 Å². The molecule has 21 heavy (non-hydrogen) atoms. The fourth-order valence-electron chi connectivity index (χ4n) is 2.51. The number of nitrogens with two attached hydrogens (primary N) is 1. The number of anilines is 2. The van der Waals surface area contributed by atoms with Crippen LogP contribution in [0.1, 0.15) is 14.7 Å². The van der Waals surface area contributed by atoms with Crippen LogP contribution in [-0.4, -0.2) is 42.0 Å². The number of piperazine rings is 1. The van der Waals surface area contributed by atoms with Crippen molar-refractivity contribution >= 4 is 28.6 Å². The summed E-state index contributed by atoms with van der Waals surface area (Å²) in [4.78, 5) is 21.4. The number of nitrogen functional groups attached to an aromatic ring is 1. The Morgan fingerprint density at radius 3 is 2.67 bits per heavy atom. The molecule has 1 saturated heterocycles. The summed E-state index contributed by atoms with van der Waals surface area (Å²) < 4.78 is 0. The van der Waals surface area contributed by atoms with Crippen molar-refractivity contribution in [2.45, 2.75) is 6.92 Å². The Morgan fingerprint density at radius 1 is 1.29 bits per heavy atom. The highest BCUT2D eigenvalue weighted by molar-refractivity contribution is 7.13. The summed E-state index contributed by atoms with van der Waals surface area (Å²) in [6.45, 7) is 5.02. The third-order valence-corrected chi connectivity index (χ3v) is 4.54. The quantitative estimate of drug-likeness (QED) is 0.862. The van der Waals surface area contributed by atoms with E-state index in [0.717, 1.165) is 47.4 Å². The van der Waals surface area contributed by atoms with Gasteiger partial charge in [-0.1, -0.05) is 6.07 Å². The van der Waals surface area contributed by atoms with Crippen LogP contribution in [0.3, 0.4) is 0 Å². The van der Waals surface area contributed by atoms with E-state index in [1.165, 1.54) is 11.3 Å². The molecule has 0 radical (unpaired) electrons. The standard InChI is InChI=1S/C15H18N4OS/c1-11-17-10-14(21-11)15(20)19-7-5-18(6-8-19)13-4-2-3-12(16)9-13/h2-4,9-10H,5-8,16H2,1H3. The lowest BCUT2D eigenvalue weighted by Crippen LogP contribution is -2.48. The van der Waals surface area contributed by atoms with E-state index < -0.39 is 0 Å². The number of amides is 1. The minimum atomic E-state index is 0.0906. The first-order valence-corrected chi connectivity index (χ1v) is 7.77. The van der Waals surface area contributed by atoms with Crippen molar-refractivity contribution in [3.63, 3.8) is 0 Å². The second-order valence-corrected chi connectivity index (χ2v) is 6.35. The normalized spacial score (nSPS) is 15.3. The Bertz CT molecular complexity index is 647. The average Bonchev–Trinajstić information content (AvgIpc) is 2.93. The van der Waals surface area contributed by atoms with Crippen molar-refractivity contribution < 1.29 is 4.79 Å². The van der Waals surface area contributed by atoms with Gasteiger partial charge in [0.05, 0.1) is 11.2 Å². The van der Waals surface area contributed by atoms with Crippen LogP contribution in [0.2, 0.25) is 0 Å². The molecule has 0 saturated carbocycles. The van der Waals surface area contributed by atoms with Gasteiger partial charge in [0.15, 0.2) is 0 Å². The molecule has 1 aliphatic heterocycles. The molecule has 1 aromatic carbocycles. The molecule has 1 fully saturated rings. The van der Waals surface area contributed by atoms with E-state index in [1.54, 1.807) is 6.20 Å². The molecule has 0 bridgehead atoms. The summed E-state index contributed by atoms with van der Waals surface area (Å²) >= 11 is 1.46. The van der Waals surface area contributed by atoms with E-state index in [4.69, 9.17) is 5.73 Å². The molecule has 3 rings (SSSR count). The topological polar surface area (TPSA) is 62.5 Å². The molecule has 0 atom stereocenters. The van der Waals surface area contributed by atoms with Crippen LogP contribution in [0, 0.1) is 6.92 Å². The predicted molar refractivity (Wildman–Crippen MR) is 85.8 cm³/mol. The number of thiazole rings is 1. The molecule has 6 heteroatoms. The summed E-state index contributed by atoms with van der Waals surface area (Å²) in [6.07, 6.45) is 1.67. The van der Waals surface area contributed by atoms with Crippen molar-refractivity contribution in [1.29, 1.82) is 0 Å². The molecule has 110 valence electrons. The van der Waals surface area contributed by atoms with Gasteiger partial charge in [-0.15, -0.1) is 11.3 Å². The molecule has 0 aliphatic carbocycles. The van der Waals surface area contributed by atoms with Gasteiger partial charge in [0.2, 0.25) is 0 Å². The van der Waals surface area contributed by atoms with Gasteiger partial charge in [-0.3, -0.25) is 4.79 Å². The zero-order valence-electron chi connectivity index (χ0n) is 12.0. The van der Waals surface area contributed by atoms with Gasteiger partial charge in [0.25, 0.3) is 5.91 Å². The first-order valence-electron chi connectivity index (χ1n) is 6.96. The maximum atomic E-state index is 12.4. The largest absolute Gasteiger partial charge is 0.399 e. The third-order valence-electron chi connectivity index (χ3n) is 3.63. The van der Waals surface area contributed by atoms with E-state index in [-0.39, 0.29) is 5.91 Å². The van der Waals surface area contributed by atoms with Crippen molar-refractivity contribution in [2.75, 3.05) is 36.8 Å². The molecule has 2 heterocycles. The molecule has 5 nitrogen and oxygen atoms in total. The number of benzene rings is 1. The van der Waals surface area contributed by atoms with Gasteiger partial charge in [-0.25, -0.2) is 4.98 Å². The molecule has 2 N–H and O–H groups in total. The Morgan fingerprint density at radius 2 is 2.05 bits per heavy atom. The molecule has 2 aromatic rings. The number of hydrogen-bond acceptors (Lipinski definition) is 5. The number of nitrogens with zero attached hydrogens (tertiary/aromatic N) is 3. The minimum absolute atomic E-state index is 0.0906. The molecular formula is C15H18N4OS. The highest BCUT2D eigenvalue weighted by atomic mass is 32.1. The Kier molecular flexibility index (Phi) is 3.79. The maximum absolute atomic E-state index is 12.4. The van der Waals surface area contributed by atoms with Gasteiger partial charge in [0.1, 0.15) is 4.88 Å². The summed E-state index contributed by atoms with van der Waals surface area (Å²) in [5.41, 5.74) is 7.71. The van der Waals surface area contributed by atoms with Gasteiger partial charge in [0, 0.05) is 37.6 Å². The van der Waals surface area contributed by atoms with E-state index in [0.29, 0.717) is 0 Å².